The number of tetrazole rings is 1. The second kappa shape index (κ2) is 6.30. The molecule has 3 heterocycles. The van der Waals surface area contributed by atoms with Gasteiger partial charge in [-0.1, -0.05) is 20.8 Å². The molecule has 0 amide bonds. The Bertz CT molecular complexity index is 876. The topological polar surface area (TPSA) is 90.4 Å². The second-order valence-corrected chi connectivity index (χ2v) is 6.66. The van der Waals surface area contributed by atoms with E-state index in [2.05, 4.69) is 30.5 Å². The van der Waals surface area contributed by atoms with Gasteiger partial charge in [-0.3, -0.25) is 4.90 Å². The van der Waals surface area contributed by atoms with Gasteiger partial charge in [0.2, 0.25) is 0 Å². The molecule has 134 valence electrons. The molecule has 0 saturated carbocycles. The second-order valence-electron chi connectivity index (χ2n) is 6.66. The average molecular weight is 351 g/mol. The van der Waals surface area contributed by atoms with Gasteiger partial charge in [0.05, 0.1) is 12.9 Å². The summed E-state index contributed by atoms with van der Waals surface area (Å²) < 4.78 is 29.7. The molecular weight excluding hydrogens is 332 g/mol. The van der Waals surface area contributed by atoms with E-state index in [1.165, 1.54) is 4.68 Å². The first-order valence-electron chi connectivity index (χ1n) is 7.66. The van der Waals surface area contributed by atoms with E-state index >= 15 is 0 Å². The van der Waals surface area contributed by atoms with Gasteiger partial charge in [-0.05, 0) is 10.4 Å². The minimum absolute atomic E-state index is 0.134. The molecule has 0 atom stereocenters. The molecule has 3 aromatic rings. The maximum absolute atomic E-state index is 13.2. The summed E-state index contributed by atoms with van der Waals surface area (Å²) in [4.78, 5) is 14.1. The molecule has 0 fully saturated rings. The lowest BCUT2D eigenvalue weighted by molar-refractivity contribution is 0.395. The molecule has 9 nitrogen and oxygen atoms in total. The quantitative estimate of drug-likeness (QED) is 0.641. The number of fused-ring (bicyclic) bond motifs is 1. The average Bonchev–Trinajstić information content (AvgIpc) is 3.15. The summed E-state index contributed by atoms with van der Waals surface area (Å²) in [6, 6.07) is 0. The van der Waals surface area contributed by atoms with E-state index in [0.717, 1.165) is 4.90 Å². The Kier molecular flexibility index (Phi) is 4.31. The van der Waals surface area contributed by atoms with Gasteiger partial charge < -0.3 is 4.57 Å². The molecule has 25 heavy (non-hydrogen) atoms. The third kappa shape index (κ3) is 3.13. The molecule has 3 rings (SSSR count). The summed E-state index contributed by atoms with van der Waals surface area (Å²) in [5, 5.41) is 11.3. The minimum Gasteiger partial charge on any atom is -0.307 e. The van der Waals surface area contributed by atoms with E-state index in [9.17, 15) is 8.78 Å². The third-order valence-electron chi connectivity index (χ3n) is 3.72. The van der Waals surface area contributed by atoms with Gasteiger partial charge in [-0.25, -0.2) is 28.4 Å². The first kappa shape index (κ1) is 17.1. The summed E-state index contributed by atoms with van der Waals surface area (Å²) in [7, 11) is 1.73. The first-order chi connectivity index (χ1) is 11.8. The summed E-state index contributed by atoms with van der Waals surface area (Å²) in [6.45, 7) is 4.10. The fraction of sp³-hybridized carbons (Fsp3) is 0.571. The van der Waals surface area contributed by atoms with Crippen LogP contribution in [-0.2, 0) is 19.0 Å². The van der Waals surface area contributed by atoms with E-state index in [0.29, 0.717) is 29.4 Å². The molecule has 0 N–H and O–H groups in total. The van der Waals surface area contributed by atoms with Gasteiger partial charge in [0, 0.05) is 12.5 Å². The van der Waals surface area contributed by atoms with Gasteiger partial charge >= 0.3 is 0 Å². The van der Waals surface area contributed by atoms with E-state index in [-0.39, 0.29) is 5.82 Å². The van der Waals surface area contributed by atoms with E-state index in [1.54, 1.807) is 17.9 Å². The summed E-state index contributed by atoms with van der Waals surface area (Å²) >= 11 is 0. The van der Waals surface area contributed by atoms with Crippen LogP contribution in [0.3, 0.4) is 0 Å². The number of alkyl halides is 2. The fourth-order valence-corrected chi connectivity index (χ4v) is 2.28. The lowest BCUT2D eigenvalue weighted by Crippen LogP contribution is -2.25. The molecular formula is C14H19F2N9. The van der Waals surface area contributed by atoms with E-state index in [1.807, 2.05) is 20.8 Å². The Balaban J connectivity index is 2.18. The molecule has 0 unspecified atom stereocenters. The standard InChI is InChI=1S/C14H19F2N9/c1-14(2,3)13-18-11-10(12(19-13)25(6-15)7-16)17-8-24(11)5-9-20-21-22-23(9)4/h8H,5-7H2,1-4H3. The van der Waals surface area contributed by atoms with Crippen LogP contribution >= 0.6 is 0 Å². The highest BCUT2D eigenvalue weighted by atomic mass is 19.1. The van der Waals surface area contributed by atoms with Gasteiger partial charge in [-0.2, -0.15) is 0 Å². The molecule has 0 aliphatic heterocycles. The number of anilines is 1. The lowest BCUT2D eigenvalue weighted by Gasteiger charge is -2.21. The van der Waals surface area contributed by atoms with Crippen molar-refractivity contribution in [3.63, 3.8) is 0 Å². The number of rotatable bonds is 5. The predicted octanol–water partition coefficient (Wildman–Crippen LogP) is 1.36. The smallest absolute Gasteiger partial charge is 0.170 e. The molecule has 0 saturated heterocycles. The van der Waals surface area contributed by atoms with Crippen molar-refractivity contribution in [2.24, 2.45) is 7.05 Å². The Hall–Kier alpha value is -2.72. The number of aromatic nitrogens is 8. The van der Waals surface area contributed by atoms with E-state index < -0.39 is 19.0 Å². The molecule has 0 aliphatic carbocycles. The van der Waals surface area contributed by atoms with Crippen LogP contribution in [0, 0.1) is 0 Å². The Morgan fingerprint density at radius 1 is 1.16 bits per heavy atom. The number of halogens is 2. The molecule has 0 aromatic carbocycles. The van der Waals surface area contributed by atoms with Crippen LogP contribution in [0.2, 0.25) is 0 Å². The lowest BCUT2D eigenvalue weighted by atomic mass is 9.96. The Morgan fingerprint density at radius 2 is 1.88 bits per heavy atom. The van der Waals surface area contributed by atoms with E-state index in [4.69, 9.17) is 0 Å². The Morgan fingerprint density at radius 3 is 2.44 bits per heavy atom. The van der Waals surface area contributed by atoms with Crippen molar-refractivity contribution in [3.8, 4) is 0 Å². The molecule has 0 spiro atoms. The molecule has 0 aliphatic rings. The van der Waals surface area contributed by atoms with Crippen molar-refractivity contribution < 1.29 is 8.78 Å². The van der Waals surface area contributed by atoms with Crippen molar-refractivity contribution >= 4 is 17.0 Å². The van der Waals surface area contributed by atoms with Crippen LogP contribution in [0.25, 0.3) is 11.2 Å². The highest BCUT2D eigenvalue weighted by molar-refractivity contribution is 5.83. The molecule has 11 heteroatoms. The van der Waals surface area contributed by atoms with Crippen LogP contribution in [0.15, 0.2) is 6.33 Å². The largest absolute Gasteiger partial charge is 0.307 e. The number of imidazole rings is 1. The zero-order valence-electron chi connectivity index (χ0n) is 14.5. The van der Waals surface area contributed by atoms with Crippen molar-refractivity contribution in [1.29, 1.82) is 0 Å². The monoisotopic (exact) mass is 351 g/mol. The summed E-state index contributed by atoms with van der Waals surface area (Å²) in [6.07, 6.45) is 1.54. The van der Waals surface area contributed by atoms with Crippen LogP contribution < -0.4 is 4.90 Å². The van der Waals surface area contributed by atoms with Crippen molar-refractivity contribution in [3.05, 3.63) is 18.0 Å². The number of hydrogen-bond acceptors (Lipinski definition) is 7. The fourth-order valence-electron chi connectivity index (χ4n) is 2.28. The van der Waals surface area contributed by atoms with Crippen LogP contribution in [0.1, 0.15) is 32.4 Å². The highest BCUT2D eigenvalue weighted by Gasteiger charge is 2.24. The maximum Gasteiger partial charge on any atom is 0.170 e. The maximum atomic E-state index is 13.2. The minimum atomic E-state index is -1.01. The first-order valence-corrected chi connectivity index (χ1v) is 7.66. The predicted molar refractivity (Wildman–Crippen MR) is 86.4 cm³/mol. The SMILES string of the molecule is Cn1nnnc1Cn1cnc2c(N(CF)CF)nc(C(C)(C)C)nc21. The number of aryl methyl sites for hydroxylation is 1. The number of hydrogen-bond donors (Lipinski definition) is 0. The van der Waals surface area contributed by atoms with Crippen LogP contribution in [-0.4, -0.2) is 53.3 Å². The van der Waals surface area contributed by atoms with Crippen molar-refractivity contribution in [2.45, 2.75) is 32.7 Å². The van der Waals surface area contributed by atoms with Crippen molar-refractivity contribution in [2.75, 3.05) is 18.5 Å². The molecule has 3 aromatic heterocycles. The zero-order valence-corrected chi connectivity index (χ0v) is 14.5. The van der Waals surface area contributed by atoms with Crippen molar-refractivity contribution in [1.82, 2.24) is 39.7 Å². The van der Waals surface area contributed by atoms with Gasteiger partial charge in [0.25, 0.3) is 0 Å². The third-order valence-corrected chi connectivity index (χ3v) is 3.72. The van der Waals surface area contributed by atoms with Gasteiger partial charge in [0.15, 0.2) is 36.4 Å². The molecule has 0 radical (unpaired) electrons. The number of nitrogens with zero attached hydrogens (tertiary/aromatic N) is 9. The summed E-state index contributed by atoms with van der Waals surface area (Å²) in [5.74, 6) is 1.21. The highest BCUT2D eigenvalue weighted by Crippen LogP contribution is 2.28. The molecule has 0 bridgehead atoms. The van der Waals surface area contributed by atoms with Crippen LogP contribution in [0.4, 0.5) is 14.6 Å². The van der Waals surface area contributed by atoms with Gasteiger partial charge in [-0.15, -0.1) is 5.10 Å². The Labute approximate surface area is 142 Å². The normalized spacial score (nSPS) is 12.1. The zero-order chi connectivity index (χ0) is 18.2. The summed E-state index contributed by atoms with van der Waals surface area (Å²) in [5.41, 5.74) is 0.408. The van der Waals surface area contributed by atoms with Gasteiger partial charge in [0.1, 0.15) is 5.82 Å². The van der Waals surface area contributed by atoms with Crippen LogP contribution in [0.5, 0.6) is 0 Å².